The summed E-state index contributed by atoms with van der Waals surface area (Å²) in [5.74, 6) is 0.705. The second-order valence-corrected chi connectivity index (χ2v) is 5.87. The van der Waals surface area contributed by atoms with E-state index in [2.05, 4.69) is 0 Å². The smallest absolute Gasteiger partial charge is 0.344 e. The van der Waals surface area contributed by atoms with Gasteiger partial charge in [0.15, 0.2) is 11.5 Å². The standard InChI is InChI=1S/C21H16O5/c1-24-19-10-14(17(22)11-20(19)25-2)16-9-15-13-6-4-3-5-12(13)7-8-18(15)26-21(16)23/h3-11,22H,1-2H3. The Morgan fingerprint density at radius 3 is 2.35 bits per heavy atom. The van der Waals surface area contributed by atoms with Crippen molar-refractivity contribution in [3.63, 3.8) is 0 Å². The van der Waals surface area contributed by atoms with Gasteiger partial charge in [0.25, 0.3) is 0 Å². The van der Waals surface area contributed by atoms with Crippen molar-refractivity contribution in [1.29, 1.82) is 0 Å². The Balaban J connectivity index is 2.04. The minimum absolute atomic E-state index is 0.0884. The van der Waals surface area contributed by atoms with Gasteiger partial charge in [-0.25, -0.2) is 4.79 Å². The van der Waals surface area contributed by atoms with Crippen LogP contribution in [0.4, 0.5) is 0 Å². The number of methoxy groups -OCH3 is 2. The van der Waals surface area contributed by atoms with Crippen molar-refractivity contribution in [2.75, 3.05) is 14.2 Å². The summed E-state index contributed by atoms with van der Waals surface area (Å²) < 4.78 is 16.0. The molecule has 0 aliphatic heterocycles. The fourth-order valence-electron chi connectivity index (χ4n) is 3.14. The van der Waals surface area contributed by atoms with E-state index in [4.69, 9.17) is 13.9 Å². The van der Waals surface area contributed by atoms with Crippen LogP contribution in [-0.2, 0) is 0 Å². The SMILES string of the molecule is COc1cc(O)c(-c2cc3c(ccc4ccccc43)oc2=O)cc1OC. The van der Waals surface area contributed by atoms with Gasteiger partial charge in [-0.3, -0.25) is 0 Å². The van der Waals surface area contributed by atoms with Gasteiger partial charge in [-0.1, -0.05) is 30.3 Å². The lowest BCUT2D eigenvalue weighted by molar-refractivity contribution is 0.352. The molecule has 0 aliphatic carbocycles. The van der Waals surface area contributed by atoms with E-state index in [9.17, 15) is 9.90 Å². The van der Waals surface area contributed by atoms with Gasteiger partial charge < -0.3 is 19.0 Å². The van der Waals surface area contributed by atoms with Gasteiger partial charge in [-0.05, 0) is 29.0 Å². The fraction of sp³-hybridized carbons (Fsp3) is 0.0952. The highest BCUT2D eigenvalue weighted by Crippen LogP contribution is 2.39. The van der Waals surface area contributed by atoms with Crippen LogP contribution in [0.5, 0.6) is 17.2 Å². The van der Waals surface area contributed by atoms with Crippen LogP contribution < -0.4 is 15.1 Å². The monoisotopic (exact) mass is 348 g/mol. The molecule has 0 bridgehead atoms. The molecule has 5 nitrogen and oxygen atoms in total. The van der Waals surface area contributed by atoms with Gasteiger partial charge in [0.05, 0.1) is 19.8 Å². The molecule has 4 rings (SSSR count). The molecule has 0 saturated carbocycles. The summed E-state index contributed by atoms with van der Waals surface area (Å²) in [5.41, 5.74) is 0.547. The van der Waals surface area contributed by atoms with Crippen molar-refractivity contribution < 1.29 is 19.0 Å². The Morgan fingerprint density at radius 1 is 0.846 bits per heavy atom. The molecule has 0 fully saturated rings. The summed E-state index contributed by atoms with van der Waals surface area (Å²) in [6, 6.07) is 16.3. The molecule has 1 N–H and O–H groups in total. The molecular weight excluding hydrogens is 332 g/mol. The molecule has 5 heteroatoms. The summed E-state index contributed by atoms with van der Waals surface area (Å²) in [5, 5.41) is 13.2. The van der Waals surface area contributed by atoms with Crippen LogP contribution in [0.3, 0.4) is 0 Å². The summed E-state index contributed by atoms with van der Waals surface area (Å²) in [6.07, 6.45) is 0. The molecule has 3 aromatic carbocycles. The Kier molecular flexibility index (Phi) is 3.77. The molecule has 4 aromatic rings. The highest BCUT2D eigenvalue weighted by atomic mass is 16.5. The number of rotatable bonds is 3. The van der Waals surface area contributed by atoms with Crippen molar-refractivity contribution in [3.05, 3.63) is 65.0 Å². The highest BCUT2D eigenvalue weighted by Gasteiger charge is 2.17. The maximum atomic E-state index is 12.5. The molecule has 130 valence electrons. The molecular formula is C21H16O5. The zero-order chi connectivity index (χ0) is 18.3. The normalized spacial score (nSPS) is 11.0. The zero-order valence-corrected chi connectivity index (χ0v) is 14.3. The van der Waals surface area contributed by atoms with Crippen molar-refractivity contribution in [2.24, 2.45) is 0 Å². The molecule has 0 radical (unpaired) electrons. The Morgan fingerprint density at radius 2 is 1.58 bits per heavy atom. The van der Waals surface area contributed by atoms with E-state index < -0.39 is 5.63 Å². The average molecular weight is 348 g/mol. The van der Waals surface area contributed by atoms with E-state index in [1.807, 2.05) is 30.3 Å². The van der Waals surface area contributed by atoms with Gasteiger partial charge in [0.1, 0.15) is 11.3 Å². The lowest BCUT2D eigenvalue weighted by Gasteiger charge is -2.12. The average Bonchev–Trinajstić information content (AvgIpc) is 2.67. The van der Waals surface area contributed by atoms with Crippen LogP contribution in [0.1, 0.15) is 0 Å². The van der Waals surface area contributed by atoms with Gasteiger partial charge in [0, 0.05) is 17.0 Å². The van der Waals surface area contributed by atoms with Crippen LogP contribution in [0, 0.1) is 0 Å². The van der Waals surface area contributed by atoms with E-state index in [-0.39, 0.29) is 11.3 Å². The predicted molar refractivity (Wildman–Crippen MR) is 100 cm³/mol. The third-order valence-corrected chi connectivity index (χ3v) is 4.43. The maximum absolute atomic E-state index is 12.5. The molecule has 1 aromatic heterocycles. The first-order valence-corrected chi connectivity index (χ1v) is 8.03. The van der Waals surface area contributed by atoms with Gasteiger partial charge in [-0.2, -0.15) is 0 Å². The number of hydrogen-bond acceptors (Lipinski definition) is 5. The van der Waals surface area contributed by atoms with Crippen LogP contribution in [0.15, 0.2) is 63.8 Å². The number of aromatic hydroxyl groups is 1. The lowest BCUT2D eigenvalue weighted by Crippen LogP contribution is -2.03. The summed E-state index contributed by atoms with van der Waals surface area (Å²) in [4.78, 5) is 12.5. The van der Waals surface area contributed by atoms with Crippen LogP contribution >= 0.6 is 0 Å². The second kappa shape index (κ2) is 6.11. The van der Waals surface area contributed by atoms with Gasteiger partial charge in [-0.15, -0.1) is 0 Å². The summed E-state index contributed by atoms with van der Waals surface area (Å²) in [6.45, 7) is 0. The second-order valence-electron chi connectivity index (χ2n) is 5.87. The number of phenolic OH excluding ortho intramolecular Hbond substituents is 1. The van der Waals surface area contributed by atoms with E-state index in [0.717, 1.165) is 16.2 Å². The van der Waals surface area contributed by atoms with E-state index in [0.29, 0.717) is 22.6 Å². The molecule has 0 aliphatic rings. The van der Waals surface area contributed by atoms with Crippen molar-refractivity contribution in [3.8, 4) is 28.4 Å². The molecule has 0 saturated heterocycles. The van der Waals surface area contributed by atoms with Crippen LogP contribution in [0.25, 0.3) is 32.9 Å². The Labute approximate surface area is 149 Å². The minimum Gasteiger partial charge on any atom is -0.507 e. The van der Waals surface area contributed by atoms with Crippen molar-refractivity contribution in [2.45, 2.75) is 0 Å². The Hall–Kier alpha value is -3.47. The lowest BCUT2D eigenvalue weighted by atomic mass is 10.0. The zero-order valence-electron chi connectivity index (χ0n) is 14.3. The first kappa shape index (κ1) is 16.0. The number of phenols is 1. The molecule has 0 amide bonds. The molecule has 26 heavy (non-hydrogen) atoms. The molecule has 1 heterocycles. The Bertz CT molecular complexity index is 1190. The first-order valence-electron chi connectivity index (χ1n) is 8.03. The van der Waals surface area contributed by atoms with Crippen LogP contribution in [-0.4, -0.2) is 19.3 Å². The number of ether oxygens (including phenoxy) is 2. The van der Waals surface area contributed by atoms with E-state index >= 15 is 0 Å². The van der Waals surface area contributed by atoms with Gasteiger partial charge >= 0.3 is 5.63 Å². The van der Waals surface area contributed by atoms with Gasteiger partial charge in [0.2, 0.25) is 0 Å². The number of hydrogen-bond donors (Lipinski definition) is 1. The first-order chi connectivity index (χ1) is 12.6. The summed E-state index contributed by atoms with van der Waals surface area (Å²) >= 11 is 0. The molecule has 0 unspecified atom stereocenters. The quantitative estimate of drug-likeness (QED) is 0.441. The maximum Gasteiger partial charge on any atom is 0.344 e. The van der Waals surface area contributed by atoms with E-state index in [1.54, 1.807) is 18.2 Å². The van der Waals surface area contributed by atoms with E-state index in [1.165, 1.54) is 20.3 Å². The number of fused-ring (bicyclic) bond motifs is 3. The third-order valence-electron chi connectivity index (χ3n) is 4.43. The van der Waals surface area contributed by atoms with Crippen LogP contribution in [0.2, 0.25) is 0 Å². The summed E-state index contributed by atoms with van der Waals surface area (Å²) in [7, 11) is 2.97. The highest BCUT2D eigenvalue weighted by molar-refractivity contribution is 6.06. The fourth-order valence-corrected chi connectivity index (χ4v) is 3.14. The predicted octanol–water partition coefficient (Wildman–Crippen LogP) is 4.34. The minimum atomic E-state index is -0.532. The largest absolute Gasteiger partial charge is 0.507 e. The molecule has 0 atom stereocenters. The topological polar surface area (TPSA) is 68.9 Å². The molecule has 0 spiro atoms. The third kappa shape index (κ3) is 2.45. The van der Waals surface area contributed by atoms with Crippen molar-refractivity contribution >= 4 is 21.7 Å². The van der Waals surface area contributed by atoms with Crippen molar-refractivity contribution in [1.82, 2.24) is 0 Å². The number of benzene rings is 3.